The topological polar surface area (TPSA) is 58.8 Å². The molecule has 0 radical (unpaired) electrons. The molecule has 0 spiro atoms. The molecule has 1 amide bonds. The van der Waals surface area contributed by atoms with Gasteiger partial charge in [0.15, 0.2) is 0 Å². The molecule has 0 aliphatic carbocycles. The standard InChI is InChI=1S/C16H23N3O2/c1-12-4-5-13(11-14(12)17)18-6-8-19(9-7-18)16(20)15-3-2-10-21-15/h4-5,11,15H,2-3,6-10,17H2,1H3. The third-order valence-electron chi connectivity index (χ3n) is 4.42. The lowest BCUT2D eigenvalue weighted by Crippen LogP contribution is -2.51. The summed E-state index contributed by atoms with van der Waals surface area (Å²) < 4.78 is 5.49. The number of ether oxygens (including phenoxy) is 1. The summed E-state index contributed by atoms with van der Waals surface area (Å²) in [6, 6.07) is 6.17. The Balaban J connectivity index is 1.59. The minimum absolute atomic E-state index is 0.163. The summed E-state index contributed by atoms with van der Waals surface area (Å²) in [5, 5.41) is 0. The van der Waals surface area contributed by atoms with E-state index in [1.807, 2.05) is 17.9 Å². The molecule has 0 bridgehead atoms. The van der Waals surface area contributed by atoms with Gasteiger partial charge in [-0.3, -0.25) is 4.79 Å². The molecular weight excluding hydrogens is 266 g/mol. The van der Waals surface area contributed by atoms with E-state index in [1.165, 1.54) is 0 Å². The van der Waals surface area contributed by atoms with Crippen molar-refractivity contribution in [1.29, 1.82) is 0 Å². The van der Waals surface area contributed by atoms with Crippen molar-refractivity contribution in [1.82, 2.24) is 4.90 Å². The molecule has 0 saturated carbocycles. The van der Waals surface area contributed by atoms with Crippen LogP contribution in [0.4, 0.5) is 11.4 Å². The van der Waals surface area contributed by atoms with E-state index in [9.17, 15) is 4.79 Å². The van der Waals surface area contributed by atoms with Gasteiger partial charge in [0.25, 0.3) is 5.91 Å². The van der Waals surface area contributed by atoms with Gasteiger partial charge >= 0.3 is 0 Å². The molecule has 2 saturated heterocycles. The first-order valence-electron chi connectivity index (χ1n) is 7.66. The van der Waals surface area contributed by atoms with Gasteiger partial charge in [-0.05, 0) is 37.5 Å². The lowest BCUT2D eigenvalue weighted by Gasteiger charge is -2.37. The van der Waals surface area contributed by atoms with Gasteiger partial charge < -0.3 is 20.3 Å². The maximum absolute atomic E-state index is 12.3. The van der Waals surface area contributed by atoms with Crippen LogP contribution in [0.2, 0.25) is 0 Å². The number of hydrogen-bond donors (Lipinski definition) is 1. The highest BCUT2D eigenvalue weighted by molar-refractivity contribution is 5.81. The molecule has 5 heteroatoms. The number of amides is 1. The molecule has 2 aliphatic heterocycles. The Labute approximate surface area is 125 Å². The molecule has 3 rings (SSSR count). The average Bonchev–Trinajstić information content (AvgIpc) is 3.04. The molecule has 1 atom stereocenters. The van der Waals surface area contributed by atoms with Gasteiger partial charge in [-0.25, -0.2) is 0 Å². The van der Waals surface area contributed by atoms with E-state index in [0.29, 0.717) is 0 Å². The number of nitrogens with two attached hydrogens (primary N) is 1. The quantitative estimate of drug-likeness (QED) is 0.836. The van der Waals surface area contributed by atoms with Gasteiger partial charge in [0, 0.05) is 44.2 Å². The Bertz CT molecular complexity index is 518. The van der Waals surface area contributed by atoms with Crippen LogP contribution in [0.25, 0.3) is 0 Å². The Morgan fingerprint density at radius 2 is 2.05 bits per heavy atom. The number of anilines is 2. The van der Waals surface area contributed by atoms with Crippen molar-refractivity contribution in [3.05, 3.63) is 23.8 Å². The molecule has 2 N–H and O–H groups in total. The van der Waals surface area contributed by atoms with Crippen molar-refractivity contribution in [3.8, 4) is 0 Å². The number of hydrogen-bond acceptors (Lipinski definition) is 4. The fourth-order valence-electron chi connectivity index (χ4n) is 2.99. The maximum Gasteiger partial charge on any atom is 0.251 e. The summed E-state index contributed by atoms with van der Waals surface area (Å²) in [4.78, 5) is 16.5. The number of benzene rings is 1. The molecule has 1 aromatic carbocycles. The molecule has 2 heterocycles. The van der Waals surface area contributed by atoms with Crippen LogP contribution in [0.15, 0.2) is 18.2 Å². The maximum atomic E-state index is 12.3. The number of carbonyl (C=O) groups excluding carboxylic acids is 1. The van der Waals surface area contributed by atoms with E-state index in [0.717, 1.165) is 62.6 Å². The second-order valence-corrected chi connectivity index (χ2v) is 5.85. The van der Waals surface area contributed by atoms with Crippen LogP contribution in [0.3, 0.4) is 0 Å². The van der Waals surface area contributed by atoms with Crippen LogP contribution in [0.5, 0.6) is 0 Å². The van der Waals surface area contributed by atoms with Gasteiger partial charge in [-0.15, -0.1) is 0 Å². The van der Waals surface area contributed by atoms with Crippen LogP contribution < -0.4 is 10.6 Å². The highest BCUT2D eigenvalue weighted by Gasteiger charge is 2.30. The Morgan fingerprint density at radius 3 is 2.67 bits per heavy atom. The number of nitrogen functional groups attached to an aromatic ring is 1. The Morgan fingerprint density at radius 1 is 1.29 bits per heavy atom. The van der Waals surface area contributed by atoms with Gasteiger partial charge in [0.1, 0.15) is 6.10 Å². The zero-order valence-corrected chi connectivity index (χ0v) is 12.5. The van der Waals surface area contributed by atoms with Gasteiger partial charge in [0.05, 0.1) is 0 Å². The second kappa shape index (κ2) is 5.93. The largest absolute Gasteiger partial charge is 0.398 e. The monoisotopic (exact) mass is 289 g/mol. The van der Waals surface area contributed by atoms with Crippen molar-refractivity contribution in [2.75, 3.05) is 43.4 Å². The Kier molecular flexibility index (Phi) is 4.01. The fraction of sp³-hybridized carbons (Fsp3) is 0.562. The molecule has 0 aromatic heterocycles. The van der Waals surface area contributed by atoms with Gasteiger partial charge in [-0.2, -0.15) is 0 Å². The summed E-state index contributed by atoms with van der Waals surface area (Å²) in [6.07, 6.45) is 1.67. The van der Waals surface area contributed by atoms with Crippen LogP contribution in [-0.4, -0.2) is 49.7 Å². The van der Waals surface area contributed by atoms with Crippen molar-refractivity contribution in [2.45, 2.75) is 25.9 Å². The van der Waals surface area contributed by atoms with Crippen LogP contribution >= 0.6 is 0 Å². The summed E-state index contributed by atoms with van der Waals surface area (Å²) in [5.41, 5.74) is 9.05. The minimum Gasteiger partial charge on any atom is -0.398 e. The number of aryl methyl sites for hydroxylation is 1. The summed E-state index contributed by atoms with van der Waals surface area (Å²) in [7, 11) is 0. The fourth-order valence-corrected chi connectivity index (χ4v) is 2.99. The van der Waals surface area contributed by atoms with Crippen molar-refractivity contribution in [2.24, 2.45) is 0 Å². The van der Waals surface area contributed by atoms with Crippen molar-refractivity contribution >= 4 is 17.3 Å². The Hall–Kier alpha value is -1.75. The molecule has 2 aliphatic rings. The van der Waals surface area contributed by atoms with E-state index in [-0.39, 0.29) is 12.0 Å². The smallest absolute Gasteiger partial charge is 0.251 e. The highest BCUT2D eigenvalue weighted by Crippen LogP contribution is 2.23. The molecule has 114 valence electrons. The molecule has 1 unspecified atom stereocenters. The van der Waals surface area contributed by atoms with Crippen LogP contribution in [-0.2, 0) is 9.53 Å². The van der Waals surface area contributed by atoms with Crippen LogP contribution in [0.1, 0.15) is 18.4 Å². The third-order valence-corrected chi connectivity index (χ3v) is 4.42. The molecule has 21 heavy (non-hydrogen) atoms. The van der Waals surface area contributed by atoms with Crippen LogP contribution in [0, 0.1) is 6.92 Å². The molecule has 2 fully saturated rings. The van der Waals surface area contributed by atoms with E-state index in [2.05, 4.69) is 17.0 Å². The minimum atomic E-state index is -0.202. The summed E-state index contributed by atoms with van der Waals surface area (Å²) in [5.74, 6) is 0.163. The van der Waals surface area contributed by atoms with E-state index in [4.69, 9.17) is 10.5 Å². The number of piperazine rings is 1. The third kappa shape index (κ3) is 2.97. The first-order chi connectivity index (χ1) is 10.1. The highest BCUT2D eigenvalue weighted by atomic mass is 16.5. The number of carbonyl (C=O) groups is 1. The summed E-state index contributed by atoms with van der Waals surface area (Å²) in [6.45, 7) is 5.94. The van der Waals surface area contributed by atoms with Gasteiger partial charge in [0.2, 0.25) is 0 Å². The van der Waals surface area contributed by atoms with Gasteiger partial charge in [-0.1, -0.05) is 6.07 Å². The molecule has 5 nitrogen and oxygen atoms in total. The first-order valence-corrected chi connectivity index (χ1v) is 7.66. The molecule has 1 aromatic rings. The SMILES string of the molecule is Cc1ccc(N2CCN(C(=O)C3CCCO3)CC2)cc1N. The number of rotatable bonds is 2. The first kappa shape index (κ1) is 14.2. The predicted octanol–water partition coefficient (Wildman–Crippen LogP) is 1.40. The van der Waals surface area contributed by atoms with E-state index in [1.54, 1.807) is 0 Å². The predicted molar refractivity (Wildman–Crippen MR) is 83.4 cm³/mol. The lowest BCUT2D eigenvalue weighted by atomic mass is 10.1. The average molecular weight is 289 g/mol. The van der Waals surface area contributed by atoms with E-state index >= 15 is 0 Å². The summed E-state index contributed by atoms with van der Waals surface area (Å²) >= 11 is 0. The van der Waals surface area contributed by atoms with Crippen molar-refractivity contribution < 1.29 is 9.53 Å². The zero-order valence-electron chi connectivity index (χ0n) is 12.5. The lowest BCUT2D eigenvalue weighted by molar-refractivity contribution is -0.141. The normalized spacial score (nSPS) is 22.6. The van der Waals surface area contributed by atoms with E-state index < -0.39 is 0 Å². The zero-order chi connectivity index (χ0) is 14.8. The number of nitrogens with zero attached hydrogens (tertiary/aromatic N) is 2. The van der Waals surface area contributed by atoms with Crippen molar-refractivity contribution in [3.63, 3.8) is 0 Å². The second-order valence-electron chi connectivity index (χ2n) is 5.85. The molecular formula is C16H23N3O2.